The minimum atomic E-state index is -1.36. The summed E-state index contributed by atoms with van der Waals surface area (Å²) in [6.45, 7) is 0.0327. The first-order valence-electron chi connectivity index (χ1n) is 18.7. The highest BCUT2D eigenvalue weighted by Gasteiger charge is 2.55. The van der Waals surface area contributed by atoms with Crippen LogP contribution in [-0.4, -0.2) is 147 Å². The molecule has 3 fully saturated rings. The van der Waals surface area contributed by atoms with Crippen molar-refractivity contribution in [1.29, 1.82) is 0 Å². The van der Waals surface area contributed by atoms with Crippen molar-refractivity contribution in [1.82, 2.24) is 58.1 Å². The van der Waals surface area contributed by atoms with Gasteiger partial charge in [-0.3, -0.25) is 52.7 Å². The molecule has 1 aliphatic carbocycles. The number of nitrogens with one attached hydrogen (secondary N) is 10. The zero-order chi connectivity index (χ0) is 41.3. The molecule has 310 valence electrons. The third-order valence-electron chi connectivity index (χ3n) is 9.83. The van der Waals surface area contributed by atoms with Crippen molar-refractivity contribution in [3.8, 4) is 0 Å². The van der Waals surface area contributed by atoms with E-state index < -0.39 is 129 Å². The highest BCUT2D eigenvalue weighted by Crippen LogP contribution is 2.43. The van der Waals surface area contributed by atoms with E-state index in [0.29, 0.717) is 38.5 Å². The molecule has 3 aliphatic rings. The fraction of sp³-hybridized carbons (Fsp3) is 0.676. The second-order valence-electron chi connectivity index (χ2n) is 13.8. The van der Waals surface area contributed by atoms with E-state index in [1.54, 1.807) is 0 Å². The fourth-order valence-electron chi connectivity index (χ4n) is 6.77. The Morgan fingerprint density at radius 1 is 0.554 bits per heavy atom. The summed E-state index contributed by atoms with van der Waals surface area (Å²) in [4.78, 5) is 140. The predicted octanol–water partition coefficient (Wildman–Crippen LogP) is -5.87. The molecule has 11 amide bonds. The van der Waals surface area contributed by atoms with Crippen LogP contribution in [0, 0.1) is 11.8 Å². The fourth-order valence-corrected chi connectivity index (χ4v) is 6.77. The quantitative estimate of drug-likeness (QED) is 0.126. The van der Waals surface area contributed by atoms with E-state index in [0.717, 1.165) is 0 Å². The summed E-state index contributed by atoms with van der Waals surface area (Å²) >= 11 is 0. The monoisotopic (exact) mass is 791 g/mol. The van der Waals surface area contributed by atoms with Crippen molar-refractivity contribution in [3.05, 3.63) is 0 Å². The lowest BCUT2D eigenvalue weighted by atomic mass is 9.76. The van der Waals surface area contributed by atoms with E-state index >= 15 is 0 Å². The molecular weight excluding hydrogens is 738 g/mol. The predicted molar refractivity (Wildman–Crippen MR) is 194 cm³/mol. The Bertz CT molecular complexity index is 1540. The summed E-state index contributed by atoms with van der Waals surface area (Å²) in [5, 5.41) is 24.0. The molecule has 1 spiro atoms. The molecule has 2 heterocycles. The van der Waals surface area contributed by atoms with E-state index in [-0.39, 0.29) is 31.3 Å². The lowest BCUT2D eigenvalue weighted by Crippen LogP contribution is -2.65. The molecule has 56 heavy (non-hydrogen) atoms. The number of hydrogen-bond donors (Lipinski definition) is 10. The van der Waals surface area contributed by atoms with Crippen LogP contribution in [0.3, 0.4) is 0 Å². The maximum absolute atomic E-state index is 14.4. The molecule has 3 unspecified atom stereocenters. The van der Waals surface area contributed by atoms with Crippen LogP contribution in [0.2, 0.25) is 0 Å². The third-order valence-corrected chi connectivity index (χ3v) is 9.83. The number of rotatable bonds is 2. The Kier molecular flexibility index (Phi) is 17.4. The molecule has 22 heteroatoms. The average Bonchev–Trinajstić information content (AvgIpc) is 3.85. The minimum Gasteiger partial charge on any atom is -0.354 e. The van der Waals surface area contributed by atoms with Crippen LogP contribution in [0.25, 0.3) is 0 Å². The topological polar surface area (TPSA) is 311 Å². The molecule has 0 aromatic carbocycles. The van der Waals surface area contributed by atoms with E-state index in [1.165, 1.54) is 4.90 Å². The van der Waals surface area contributed by atoms with Gasteiger partial charge in [0.25, 0.3) is 0 Å². The smallest absolute Gasteiger partial charge is 0.249 e. The zero-order valence-corrected chi connectivity index (χ0v) is 31.7. The van der Waals surface area contributed by atoms with Crippen LogP contribution in [0.5, 0.6) is 0 Å². The van der Waals surface area contributed by atoms with Crippen LogP contribution in [0.1, 0.15) is 58.8 Å². The number of carbonyl (C=O) groups is 11. The van der Waals surface area contributed by atoms with Crippen molar-refractivity contribution >= 4 is 65.0 Å². The molecular formula is C34H53N11O11. The average molecular weight is 792 g/mol. The van der Waals surface area contributed by atoms with Gasteiger partial charge in [0.2, 0.25) is 65.0 Å². The van der Waals surface area contributed by atoms with Gasteiger partial charge < -0.3 is 58.1 Å². The number of fused-ring (bicyclic) bond motifs is 1. The van der Waals surface area contributed by atoms with E-state index in [1.807, 2.05) is 13.8 Å². The van der Waals surface area contributed by atoms with Crippen molar-refractivity contribution < 1.29 is 52.7 Å². The first kappa shape index (κ1) is 44.6. The Labute approximate surface area is 323 Å². The molecule has 0 aromatic rings. The van der Waals surface area contributed by atoms with Crippen LogP contribution in [-0.2, 0) is 52.7 Å². The molecule has 3 rings (SSSR count). The van der Waals surface area contributed by atoms with E-state index in [2.05, 4.69) is 53.2 Å². The lowest BCUT2D eigenvalue weighted by molar-refractivity contribution is -0.148. The van der Waals surface area contributed by atoms with E-state index in [4.69, 9.17) is 0 Å². The molecule has 0 bridgehead atoms. The van der Waals surface area contributed by atoms with Gasteiger partial charge in [0.05, 0.1) is 52.4 Å². The lowest BCUT2D eigenvalue weighted by Gasteiger charge is -2.41. The molecule has 0 aromatic heterocycles. The second-order valence-corrected chi connectivity index (χ2v) is 13.8. The third kappa shape index (κ3) is 13.8. The van der Waals surface area contributed by atoms with Crippen molar-refractivity contribution in [3.63, 3.8) is 0 Å². The number of carbonyl (C=O) groups excluding carboxylic acids is 11. The molecule has 4 atom stereocenters. The number of amides is 11. The molecule has 2 aliphatic heterocycles. The molecule has 22 nitrogen and oxygen atoms in total. The van der Waals surface area contributed by atoms with Gasteiger partial charge in [-0.15, -0.1) is 0 Å². The minimum absolute atomic E-state index is 0.0183. The Hall–Kier alpha value is -5.83. The number of nitrogens with zero attached hydrogens (tertiary/aromatic N) is 1. The maximum Gasteiger partial charge on any atom is 0.249 e. The Balaban J connectivity index is 1.69. The molecule has 1 saturated carbocycles. The van der Waals surface area contributed by atoms with Crippen molar-refractivity contribution in [2.24, 2.45) is 11.8 Å². The Morgan fingerprint density at radius 3 is 1.46 bits per heavy atom. The molecule has 0 radical (unpaired) electrons. The Morgan fingerprint density at radius 2 is 0.982 bits per heavy atom. The summed E-state index contributed by atoms with van der Waals surface area (Å²) in [6.07, 6.45) is 2.92. The van der Waals surface area contributed by atoms with Gasteiger partial charge in [-0.25, -0.2) is 0 Å². The summed E-state index contributed by atoms with van der Waals surface area (Å²) in [7, 11) is 0. The largest absolute Gasteiger partial charge is 0.354 e. The highest BCUT2D eigenvalue weighted by atomic mass is 16.2. The summed E-state index contributed by atoms with van der Waals surface area (Å²) in [5.74, 6) is -7.46. The van der Waals surface area contributed by atoms with Crippen molar-refractivity contribution in [2.75, 3.05) is 65.4 Å². The first-order valence-corrected chi connectivity index (χ1v) is 18.7. The van der Waals surface area contributed by atoms with Gasteiger partial charge >= 0.3 is 0 Å². The van der Waals surface area contributed by atoms with Gasteiger partial charge in [0.1, 0.15) is 11.6 Å². The normalized spacial score (nSPS) is 26.4. The van der Waals surface area contributed by atoms with Crippen LogP contribution < -0.4 is 53.2 Å². The van der Waals surface area contributed by atoms with Crippen LogP contribution in [0.15, 0.2) is 0 Å². The standard InChI is InChI=1S/C34H53N11O11/c1-3-20(2)21-6-4-9-34(21)33(56)45-11-5-7-22(45)32(55)43-18-30(53)37-12-24(47)35-10-8-23(46)36-13-25(48)38-14-26(49)39-15-27(50)40-16-28(51)41-17-29(52)42-19-31(54)44-34/h20-22H,3-19H2,1-2H3,(H,35,47)(H,36,46)(H,37,53)(H,38,48)(H,39,49)(H,40,50)(H,41,51)(H,42,52)(H,43,55)(H,44,54)/t20-,21?,22?,34?/m0/s1. The summed E-state index contributed by atoms with van der Waals surface area (Å²) < 4.78 is 0. The van der Waals surface area contributed by atoms with Crippen molar-refractivity contribution in [2.45, 2.75) is 70.4 Å². The van der Waals surface area contributed by atoms with Crippen LogP contribution in [0.4, 0.5) is 0 Å². The van der Waals surface area contributed by atoms with Gasteiger partial charge in [-0.1, -0.05) is 26.7 Å². The second kappa shape index (κ2) is 21.9. The summed E-state index contributed by atoms with van der Waals surface area (Å²) in [6, 6.07) is -0.919. The molecule has 2 saturated heterocycles. The maximum atomic E-state index is 14.4. The number of hydrogen-bond acceptors (Lipinski definition) is 11. The van der Waals surface area contributed by atoms with Crippen LogP contribution >= 0.6 is 0 Å². The molecule has 10 N–H and O–H groups in total. The SMILES string of the molecule is CC[C@H](C)C1CCCC12NC(=O)CNC(=O)CNC(=O)CNC(=O)CNC(=O)CNC(=O)CNC(=O)CCNC(=O)CNC(=O)CNC(=O)C1CCCN1C2=O. The van der Waals surface area contributed by atoms with Gasteiger partial charge in [-0.2, -0.15) is 0 Å². The van der Waals surface area contributed by atoms with E-state index in [9.17, 15) is 52.7 Å². The zero-order valence-electron chi connectivity index (χ0n) is 31.7. The highest BCUT2D eigenvalue weighted by molar-refractivity contribution is 5.98. The first-order chi connectivity index (χ1) is 26.6. The van der Waals surface area contributed by atoms with Gasteiger partial charge in [-0.05, 0) is 37.5 Å². The van der Waals surface area contributed by atoms with Gasteiger partial charge in [0, 0.05) is 19.5 Å². The van der Waals surface area contributed by atoms with Gasteiger partial charge in [0.15, 0.2) is 0 Å². The summed E-state index contributed by atoms with van der Waals surface area (Å²) in [5.41, 5.74) is -1.36.